The molecule has 90 valence electrons. The van der Waals surface area contributed by atoms with Crippen LogP contribution >= 0.6 is 31.9 Å². The molecule has 0 amide bonds. The van der Waals surface area contributed by atoms with Gasteiger partial charge in [-0.3, -0.25) is 0 Å². The molecule has 0 aliphatic rings. The van der Waals surface area contributed by atoms with E-state index in [0.717, 1.165) is 5.33 Å². The van der Waals surface area contributed by atoms with Gasteiger partial charge in [0.15, 0.2) is 0 Å². The molecule has 0 aliphatic heterocycles. The number of benzene rings is 1. The van der Waals surface area contributed by atoms with E-state index in [0.29, 0.717) is 28.7 Å². The van der Waals surface area contributed by atoms with Gasteiger partial charge in [0.2, 0.25) is 0 Å². The van der Waals surface area contributed by atoms with Crippen molar-refractivity contribution in [3.63, 3.8) is 0 Å². The van der Waals surface area contributed by atoms with Crippen LogP contribution in [0.4, 0.5) is 4.39 Å². The zero-order valence-electron chi connectivity index (χ0n) is 9.34. The highest BCUT2D eigenvalue weighted by molar-refractivity contribution is 9.10. The smallest absolute Gasteiger partial charge is 0.128 e. The van der Waals surface area contributed by atoms with Crippen molar-refractivity contribution in [3.05, 3.63) is 28.5 Å². The van der Waals surface area contributed by atoms with Gasteiger partial charge in [0.25, 0.3) is 0 Å². The van der Waals surface area contributed by atoms with Crippen molar-refractivity contribution in [1.82, 2.24) is 0 Å². The lowest BCUT2D eigenvalue weighted by Crippen LogP contribution is -2.19. The molecule has 0 fully saturated rings. The third kappa shape index (κ3) is 4.42. The number of alkyl halides is 1. The fourth-order valence-corrected chi connectivity index (χ4v) is 2.61. The Morgan fingerprint density at radius 3 is 2.50 bits per heavy atom. The Morgan fingerprint density at radius 1 is 1.31 bits per heavy atom. The van der Waals surface area contributed by atoms with Crippen LogP contribution in [0.1, 0.15) is 13.8 Å². The number of rotatable bonds is 5. The summed E-state index contributed by atoms with van der Waals surface area (Å²) in [7, 11) is 0. The van der Waals surface area contributed by atoms with Crippen LogP contribution in [0.15, 0.2) is 22.7 Å². The Morgan fingerprint density at radius 2 is 2.00 bits per heavy atom. The summed E-state index contributed by atoms with van der Waals surface area (Å²) in [6.45, 7) is 4.90. The summed E-state index contributed by atoms with van der Waals surface area (Å²) in [5.41, 5.74) is 0. The summed E-state index contributed by atoms with van der Waals surface area (Å²) in [4.78, 5) is 0. The van der Waals surface area contributed by atoms with E-state index in [1.54, 1.807) is 6.07 Å². The maximum absolute atomic E-state index is 13.1. The molecule has 4 heteroatoms. The highest BCUT2D eigenvalue weighted by Gasteiger charge is 2.13. The fraction of sp³-hybridized carbons (Fsp3) is 0.500. The van der Waals surface area contributed by atoms with Crippen LogP contribution in [0.3, 0.4) is 0 Å². The Bertz CT molecular complexity index is 322. The lowest BCUT2D eigenvalue weighted by Gasteiger charge is -2.18. The van der Waals surface area contributed by atoms with Gasteiger partial charge in [-0.15, -0.1) is 0 Å². The van der Waals surface area contributed by atoms with Crippen molar-refractivity contribution in [3.8, 4) is 5.75 Å². The molecular formula is C12H15Br2FO. The minimum atomic E-state index is -0.288. The largest absolute Gasteiger partial charge is 0.493 e. The SMILES string of the molecule is CC(C)C(CBr)COc1cc(F)cc(Br)c1. The highest BCUT2D eigenvalue weighted by atomic mass is 79.9. The predicted octanol–water partition coefficient (Wildman–Crippen LogP) is 4.63. The molecular weight excluding hydrogens is 339 g/mol. The van der Waals surface area contributed by atoms with E-state index in [2.05, 4.69) is 45.7 Å². The van der Waals surface area contributed by atoms with E-state index in [1.807, 2.05) is 0 Å². The van der Waals surface area contributed by atoms with Crippen molar-refractivity contribution in [2.24, 2.45) is 11.8 Å². The molecule has 0 spiro atoms. The normalized spacial score (nSPS) is 12.9. The van der Waals surface area contributed by atoms with Crippen molar-refractivity contribution in [2.75, 3.05) is 11.9 Å². The quantitative estimate of drug-likeness (QED) is 0.701. The third-order valence-electron chi connectivity index (χ3n) is 2.44. The second kappa shape index (κ2) is 6.60. The van der Waals surface area contributed by atoms with Gasteiger partial charge in [-0.25, -0.2) is 4.39 Å². The van der Waals surface area contributed by atoms with Gasteiger partial charge in [-0.2, -0.15) is 0 Å². The third-order valence-corrected chi connectivity index (χ3v) is 3.73. The Balaban J connectivity index is 2.60. The molecule has 1 nitrogen and oxygen atoms in total. The standard InChI is InChI=1S/C12H15Br2FO/c1-8(2)9(6-13)7-16-12-4-10(14)3-11(15)5-12/h3-5,8-9H,6-7H2,1-2H3. The Labute approximate surface area is 113 Å². The van der Waals surface area contributed by atoms with Crippen molar-refractivity contribution >= 4 is 31.9 Å². The lowest BCUT2D eigenvalue weighted by molar-refractivity contribution is 0.227. The zero-order valence-corrected chi connectivity index (χ0v) is 12.5. The van der Waals surface area contributed by atoms with Crippen LogP contribution in [0.5, 0.6) is 5.75 Å². The summed E-state index contributed by atoms with van der Waals surface area (Å²) in [6, 6.07) is 4.59. The van der Waals surface area contributed by atoms with Crippen LogP contribution in [-0.4, -0.2) is 11.9 Å². The molecule has 1 aromatic carbocycles. The van der Waals surface area contributed by atoms with Crippen LogP contribution in [0.25, 0.3) is 0 Å². The number of ether oxygens (including phenoxy) is 1. The number of halogens is 3. The van der Waals surface area contributed by atoms with Crippen molar-refractivity contribution in [2.45, 2.75) is 13.8 Å². The first-order valence-corrected chi connectivity index (χ1v) is 7.09. The minimum absolute atomic E-state index is 0.288. The molecule has 1 unspecified atom stereocenters. The van der Waals surface area contributed by atoms with E-state index in [1.165, 1.54) is 12.1 Å². The molecule has 0 aliphatic carbocycles. The van der Waals surface area contributed by atoms with Gasteiger partial charge in [0.1, 0.15) is 11.6 Å². The monoisotopic (exact) mass is 352 g/mol. The van der Waals surface area contributed by atoms with Gasteiger partial charge in [0.05, 0.1) is 6.61 Å². The van der Waals surface area contributed by atoms with Gasteiger partial charge in [-0.05, 0) is 18.1 Å². The summed E-state index contributed by atoms with van der Waals surface area (Å²) >= 11 is 6.69. The molecule has 16 heavy (non-hydrogen) atoms. The van der Waals surface area contributed by atoms with E-state index in [-0.39, 0.29) is 5.82 Å². The summed E-state index contributed by atoms with van der Waals surface area (Å²) < 4.78 is 19.4. The summed E-state index contributed by atoms with van der Waals surface area (Å²) in [6.07, 6.45) is 0. The summed E-state index contributed by atoms with van der Waals surface area (Å²) in [5.74, 6) is 1.25. The van der Waals surface area contributed by atoms with Crippen LogP contribution < -0.4 is 4.74 Å². The molecule has 0 aromatic heterocycles. The van der Waals surface area contributed by atoms with Gasteiger partial charge in [0, 0.05) is 21.8 Å². The Hall–Kier alpha value is -0.0900. The number of hydrogen-bond acceptors (Lipinski definition) is 1. The predicted molar refractivity (Wildman–Crippen MR) is 71.7 cm³/mol. The number of hydrogen-bond donors (Lipinski definition) is 0. The molecule has 1 aromatic rings. The Kier molecular flexibility index (Phi) is 5.76. The minimum Gasteiger partial charge on any atom is -0.493 e. The molecule has 0 bridgehead atoms. The van der Waals surface area contributed by atoms with Crippen LogP contribution in [0.2, 0.25) is 0 Å². The lowest BCUT2D eigenvalue weighted by atomic mass is 9.99. The van der Waals surface area contributed by atoms with Gasteiger partial charge >= 0.3 is 0 Å². The van der Waals surface area contributed by atoms with Crippen molar-refractivity contribution in [1.29, 1.82) is 0 Å². The first-order chi connectivity index (χ1) is 7.52. The van der Waals surface area contributed by atoms with E-state index in [4.69, 9.17) is 4.74 Å². The first-order valence-electron chi connectivity index (χ1n) is 5.17. The van der Waals surface area contributed by atoms with Gasteiger partial charge < -0.3 is 4.74 Å². The first kappa shape index (κ1) is 14.0. The summed E-state index contributed by atoms with van der Waals surface area (Å²) in [5, 5.41) is 0.890. The van der Waals surface area contributed by atoms with E-state index >= 15 is 0 Å². The maximum Gasteiger partial charge on any atom is 0.128 e. The average molecular weight is 354 g/mol. The van der Waals surface area contributed by atoms with E-state index < -0.39 is 0 Å². The van der Waals surface area contributed by atoms with E-state index in [9.17, 15) is 4.39 Å². The van der Waals surface area contributed by atoms with Gasteiger partial charge in [-0.1, -0.05) is 45.7 Å². The van der Waals surface area contributed by atoms with Crippen molar-refractivity contribution < 1.29 is 9.13 Å². The van der Waals surface area contributed by atoms with Crippen LogP contribution in [-0.2, 0) is 0 Å². The maximum atomic E-state index is 13.1. The molecule has 0 saturated carbocycles. The average Bonchev–Trinajstić information content (AvgIpc) is 2.16. The van der Waals surface area contributed by atoms with Crippen LogP contribution in [0, 0.1) is 17.7 Å². The topological polar surface area (TPSA) is 9.23 Å². The molecule has 0 heterocycles. The highest BCUT2D eigenvalue weighted by Crippen LogP contribution is 2.22. The molecule has 1 atom stereocenters. The molecule has 0 saturated heterocycles. The fourth-order valence-electron chi connectivity index (χ4n) is 1.23. The second-order valence-corrected chi connectivity index (χ2v) is 5.64. The molecule has 0 radical (unpaired) electrons. The second-order valence-electron chi connectivity index (χ2n) is 4.07. The molecule has 1 rings (SSSR count). The zero-order chi connectivity index (χ0) is 12.1. The molecule has 0 N–H and O–H groups in total.